The largest absolute Gasteiger partial charge is 0.395 e. The Balaban J connectivity index is 3.10. The maximum atomic E-state index is 9.22. The van der Waals surface area contributed by atoms with E-state index in [1.807, 2.05) is 18.7 Å². The Morgan fingerprint density at radius 3 is 2.61 bits per heavy atom. The molecule has 104 valence electrons. The Hall–Kier alpha value is -1.07. The number of hydrogen-bond donors (Lipinski definition) is 2. The second kappa shape index (κ2) is 6.75. The first-order chi connectivity index (χ1) is 8.52. The van der Waals surface area contributed by atoms with E-state index >= 15 is 0 Å². The highest BCUT2D eigenvalue weighted by atomic mass is 16.3. The summed E-state index contributed by atoms with van der Waals surface area (Å²) in [5.74, 6) is 1.11. The summed E-state index contributed by atoms with van der Waals surface area (Å²) in [6.45, 7) is 10.9. The Bertz CT molecular complexity index is 373. The van der Waals surface area contributed by atoms with Crippen molar-refractivity contribution in [3.8, 4) is 0 Å². The van der Waals surface area contributed by atoms with Crippen LogP contribution in [0.4, 0.5) is 5.82 Å². The van der Waals surface area contributed by atoms with Gasteiger partial charge >= 0.3 is 0 Å². The van der Waals surface area contributed by atoms with Crippen LogP contribution in [-0.2, 0) is 13.6 Å². The second-order valence-corrected chi connectivity index (χ2v) is 4.80. The van der Waals surface area contributed by atoms with E-state index in [0.29, 0.717) is 12.6 Å². The van der Waals surface area contributed by atoms with Crippen molar-refractivity contribution in [1.82, 2.24) is 15.1 Å². The van der Waals surface area contributed by atoms with E-state index in [1.54, 1.807) is 0 Å². The number of anilines is 1. The summed E-state index contributed by atoms with van der Waals surface area (Å²) < 4.78 is 1.91. The van der Waals surface area contributed by atoms with Crippen molar-refractivity contribution in [2.24, 2.45) is 7.05 Å². The lowest BCUT2D eigenvalue weighted by atomic mass is 10.2. The lowest BCUT2D eigenvalue weighted by molar-refractivity contribution is 0.298. The molecule has 0 spiro atoms. The molecule has 1 rings (SSSR count). The van der Waals surface area contributed by atoms with Gasteiger partial charge in [-0.15, -0.1) is 0 Å². The summed E-state index contributed by atoms with van der Waals surface area (Å²) >= 11 is 0. The van der Waals surface area contributed by atoms with E-state index in [1.165, 1.54) is 5.56 Å². The molecular weight excluding hydrogens is 228 g/mol. The molecule has 0 unspecified atom stereocenters. The maximum absolute atomic E-state index is 9.22. The van der Waals surface area contributed by atoms with Gasteiger partial charge in [0.2, 0.25) is 0 Å². The van der Waals surface area contributed by atoms with E-state index in [2.05, 4.69) is 36.1 Å². The number of aliphatic hydroxyl groups is 1. The molecule has 0 fully saturated rings. The first-order valence-electron chi connectivity index (χ1n) is 6.63. The number of hydrogen-bond acceptors (Lipinski definition) is 4. The van der Waals surface area contributed by atoms with Crippen LogP contribution in [0.15, 0.2) is 0 Å². The zero-order chi connectivity index (χ0) is 13.7. The normalized spacial score (nSPS) is 11.3. The predicted octanol–water partition coefficient (Wildman–Crippen LogP) is 1.05. The standard InChI is InChI=1S/C13H26N4O/c1-6-14-9-12-11(4)15-16(5)13(12)17(7-8-18)10(2)3/h10,14,18H,6-9H2,1-5H3. The molecule has 1 aromatic heterocycles. The topological polar surface area (TPSA) is 53.3 Å². The zero-order valence-corrected chi connectivity index (χ0v) is 12.2. The molecular formula is C13H26N4O. The molecule has 0 radical (unpaired) electrons. The van der Waals surface area contributed by atoms with Gasteiger partial charge in [-0.05, 0) is 27.3 Å². The molecule has 0 aliphatic rings. The molecule has 0 saturated carbocycles. The third-order valence-electron chi connectivity index (χ3n) is 3.10. The van der Waals surface area contributed by atoms with Gasteiger partial charge in [-0.1, -0.05) is 6.92 Å². The monoisotopic (exact) mass is 254 g/mol. The molecule has 0 bridgehead atoms. The number of nitrogens with zero attached hydrogens (tertiary/aromatic N) is 3. The smallest absolute Gasteiger partial charge is 0.131 e. The molecule has 0 aliphatic carbocycles. The fraction of sp³-hybridized carbons (Fsp3) is 0.769. The van der Waals surface area contributed by atoms with Crippen molar-refractivity contribution in [2.45, 2.75) is 40.3 Å². The second-order valence-electron chi connectivity index (χ2n) is 4.80. The highest BCUT2D eigenvalue weighted by Crippen LogP contribution is 2.24. The molecule has 1 aromatic rings. The summed E-state index contributed by atoms with van der Waals surface area (Å²) in [7, 11) is 1.96. The Kier molecular flexibility index (Phi) is 5.62. The summed E-state index contributed by atoms with van der Waals surface area (Å²) in [6.07, 6.45) is 0. The zero-order valence-electron chi connectivity index (χ0n) is 12.2. The molecule has 5 heteroatoms. The molecule has 2 N–H and O–H groups in total. The fourth-order valence-electron chi connectivity index (χ4n) is 2.22. The maximum Gasteiger partial charge on any atom is 0.131 e. The number of aryl methyl sites for hydroxylation is 2. The van der Waals surface area contributed by atoms with Crippen molar-refractivity contribution in [3.05, 3.63) is 11.3 Å². The van der Waals surface area contributed by atoms with Gasteiger partial charge in [0.05, 0.1) is 12.3 Å². The molecule has 1 heterocycles. The van der Waals surface area contributed by atoms with Gasteiger partial charge in [0.15, 0.2) is 0 Å². The third-order valence-corrected chi connectivity index (χ3v) is 3.10. The lowest BCUT2D eigenvalue weighted by Gasteiger charge is -2.29. The van der Waals surface area contributed by atoms with Crippen LogP contribution in [0, 0.1) is 6.92 Å². The van der Waals surface area contributed by atoms with E-state index < -0.39 is 0 Å². The molecule has 18 heavy (non-hydrogen) atoms. The summed E-state index contributed by atoms with van der Waals surface area (Å²) in [5, 5.41) is 17.1. The van der Waals surface area contributed by atoms with Crippen LogP contribution in [0.3, 0.4) is 0 Å². The average molecular weight is 254 g/mol. The van der Waals surface area contributed by atoms with Crippen LogP contribution in [0.1, 0.15) is 32.0 Å². The minimum absolute atomic E-state index is 0.156. The molecule has 0 saturated heterocycles. The average Bonchev–Trinajstić information content (AvgIpc) is 2.58. The van der Waals surface area contributed by atoms with Gasteiger partial charge in [-0.2, -0.15) is 5.10 Å². The van der Waals surface area contributed by atoms with Gasteiger partial charge in [0.25, 0.3) is 0 Å². The minimum atomic E-state index is 0.156. The Morgan fingerprint density at radius 1 is 1.44 bits per heavy atom. The van der Waals surface area contributed by atoms with Crippen molar-refractivity contribution in [1.29, 1.82) is 0 Å². The van der Waals surface area contributed by atoms with Crippen LogP contribution >= 0.6 is 0 Å². The van der Waals surface area contributed by atoms with Crippen molar-refractivity contribution in [3.63, 3.8) is 0 Å². The van der Waals surface area contributed by atoms with Crippen LogP contribution in [0.25, 0.3) is 0 Å². The van der Waals surface area contributed by atoms with Crippen LogP contribution in [-0.4, -0.2) is 40.6 Å². The molecule has 5 nitrogen and oxygen atoms in total. The highest BCUT2D eigenvalue weighted by molar-refractivity contribution is 5.50. The molecule has 0 aromatic carbocycles. The fourth-order valence-corrected chi connectivity index (χ4v) is 2.22. The minimum Gasteiger partial charge on any atom is -0.395 e. The van der Waals surface area contributed by atoms with Gasteiger partial charge < -0.3 is 15.3 Å². The van der Waals surface area contributed by atoms with Crippen LogP contribution in [0.5, 0.6) is 0 Å². The third kappa shape index (κ3) is 3.23. The predicted molar refractivity (Wildman–Crippen MR) is 74.9 cm³/mol. The van der Waals surface area contributed by atoms with Gasteiger partial charge in [-0.25, -0.2) is 0 Å². The van der Waals surface area contributed by atoms with E-state index in [9.17, 15) is 5.11 Å². The van der Waals surface area contributed by atoms with Gasteiger partial charge in [-0.3, -0.25) is 4.68 Å². The summed E-state index contributed by atoms with van der Waals surface area (Å²) in [6, 6.07) is 0.340. The van der Waals surface area contributed by atoms with E-state index in [-0.39, 0.29) is 6.61 Å². The van der Waals surface area contributed by atoms with E-state index in [0.717, 1.165) is 24.6 Å². The first kappa shape index (κ1) is 15.0. The van der Waals surface area contributed by atoms with Gasteiger partial charge in [0.1, 0.15) is 5.82 Å². The Morgan fingerprint density at radius 2 is 2.11 bits per heavy atom. The molecule has 0 amide bonds. The number of rotatable bonds is 7. The summed E-state index contributed by atoms with van der Waals surface area (Å²) in [4.78, 5) is 2.20. The van der Waals surface area contributed by atoms with E-state index in [4.69, 9.17) is 0 Å². The number of nitrogens with one attached hydrogen (secondary N) is 1. The van der Waals surface area contributed by atoms with Crippen LogP contribution < -0.4 is 10.2 Å². The van der Waals surface area contributed by atoms with Crippen LogP contribution in [0.2, 0.25) is 0 Å². The SMILES string of the molecule is CCNCc1c(C)nn(C)c1N(CCO)C(C)C. The molecule has 0 atom stereocenters. The van der Waals surface area contributed by atoms with Crippen molar-refractivity contribution in [2.75, 3.05) is 24.6 Å². The number of aromatic nitrogens is 2. The molecule has 0 aliphatic heterocycles. The van der Waals surface area contributed by atoms with Crippen molar-refractivity contribution < 1.29 is 5.11 Å². The number of aliphatic hydroxyl groups excluding tert-OH is 1. The van der Waals surface area contributed by atoms with Gasteiger partial charge in [0, 0.05) is 31.7 Å². The highest BCUT2D eigenvalue weighted by Gasteiger charge is 2.20. The Labute approximate surface area is 110 Å². The summed E-state index contributed by atoms with van der Waals surface area (Å²) in [5.41, 5.74) is 2.28. The first-order valence-corrected chi connectivity index (χ1v) is 6.63. The lowest BCUT2D eigenvalue weighted by Crippen LogP contribution is -2.36. The van der Waals surface area contributed by atoms with Crippen molar-refractivity contribution >= 4 is 5.82 Å². The quantitative estimate of drug-likeness (QED) is 0.763.